The third-order valence-electron chi connectivity index (χ3n) is 6.74. The van der Waals surface area contributed by atoms with E-state index in [1.165, 1.54) is 12.1 Å². The highest BCUT2D eigenvalue weighted by Crippen LogP contribution is 2.13. The predicted molar refractivity (Wildman–Crippen MR) is 195 cm³/mol. The summed E-state index contributed by atoms with van der Waals surface area (Å²) in [5.41, 5.74) is 0.974. The second-order valence-electron chi connectivity index (χ2n) is 11.0. The van der Waals surface area contributed by atoms with Crippen LogP contribution >= 0.6 is 0 Å². The Morgan fingerprint density at radius 3 is 0.962 bits per heavy atom. The minimum atomic E-state index is -3.78. The van der Waals surface area contributed by atoms with Crippen LogP contribution < -0.4 is 4.74 Å². The molecule has 15 nitrogen and oxygen atoms in total. The van der Waals surface area contributed by atoms with Crippen LogP contribution in [-0.2, 0) is 66.4 Å². The van der Waals surface area contributed by atoms with Gasteiger partial charge in [-0.1, -0.05) is 35.9 Å². The fraction of sp³-hybridized carbons (Fsp3) is 0.676. The highest BCUT2D eigenvalue weighted by Gasteiger charge is 2.14. The zero-order valence-corrected chi connectivity index (χ0v) is 32.0. The molecule has 0 aliphatic rings. The van der Waals surface area contributed by atoms with E-state index in [9.17, 15) is 8.42 Å². The van der Waals surface area contributed by atoms with Gasteiger partial charge in [-0.3, -0.25) is 4.18 Å². The molecule has 0 saturated carbocycles. The van der Waals surface area contributed by atoms with Crippen molar-refractivity contribution in [3.05, 3.63) is 60.2 Å². The smallest absolute Gasteiger partial charge is 0.297 e. The minimum absolute atomic E-state index is 0.0617. The summed E-state index contributed by atoms with van der Waals surface area (Å²) in [4.78, 5) is 0.126. The van der Waals surface area contributed by atoms with Gasteiger partial charge in [0.1, 0.15) is 12.4 Å². The Labute approximate surface area is 315 Å². The first-order valence-corrected chi connectivity index (χ1v) is 19.5. The molecule has 0 unspecified atom stereocenters. The van der Waals surface area contributed by atoms with Crippen LogP contribution in [0.2, 0.25) is 0 Å². The lowest BCUT2D eigenvalue weighted by Gasteiger charge is -2.09. The Balaban J connectivity index is 1.15. The quantitative estimate of drug-likeness (QED) is 0.0722. The molecule has 0 heterocycles. The summed E-state index contributed by atoms with van der Waals surface area (Å²) in [6, 6.07) is 16.1. The van der Waals surface area contributed by atoms with Crippen LogP contribution in [0, 0.1) is 6.92 Å². The predicted octanol–water partition coefficient (Wildman–Crippen LogP) is 2.96. The zero-order valence-electron chi connectivity index (χ0n) is 31.2. The summed E-state index contributed by atoms with van der Waals surface area (Å²) in [5.74, 6) is 0.837. The molecule has 0 N–H and O–H groups in total. The fourth-order valence-electron chi connectivity index (χ4n) is 4.01. The van der Waals surface area contributed by atoms with Crippen LogP contribution in [0.5, 0.6) is 5.75 Å². The molecule has 2 aromatic rings. The molecular weight excluding hydrogens is 716 g/mol. The molecule has 2 rings (SSSR count). The molecule has 0 atom stereocenters. The van der Waals surface area contributed by atoms with E-state index < -0.39 is 10.1 Å². The SMILES string of the molecule is Cc1ccc(S(=O)(=O)OCCOCCOCCOCCOCCOCCOCCOCCOCCOCCOCCOCCOc2ccccc2)cc1. The Morgan fingerprint density at radius 1 is 0.358 bits per heavy atom. The van der Waals surface area contributed by atoms with Crippen LogP contribution in [0.25, 0.3) is 0 Å². The summed E-state index contributed by atoms with van der Waals surface area (Å²) in [6.45, 7) is 12.4. The van der Waals surface area contributed by atoms with Gasteiger partial charge in [0.15, 0.2) is 0 Å². The number of para-hydroxylation sites is 1. The number of rotatable bonds is 39. The Kier molecular flexibility index (Phi) is 30.3. The molecule has 53 heavy (non-hydrogen) atoms. The average molecular weight is 777 g/mol. The second-order valence-corrected chi connectivity index (χ2v) is 12.6. The number of hydrogen-bond donors (Lipinski definition) is 0. The van der Waals surface area contributed by atoms with Gasteiger partial charge < -0.3 is 56.8 Å². The van der Waals surface area contributed by atoms with Crippen molar-refractivity contribution in [2.45, 2.75) is 11.8 Å². The van der Waals surface area contributed by atoms with Gasteiger partial charge >= 0.3 is 0 Å². The third-order valence-corrected chi connectivity index (χ3v) is 8.06. The van der Waals surface area contributed by atoms with Crippen LogP contribution in [0.1, 0.15) is 5.56 Å². The van der Waals surface area contributed by atoms with Crippen molar-refractivity contribution < 1.29 is 69.4 Å². The monoisotopic (exact) mass is 776 g/mol. The van der Waals surface area contributed by atoms with Gasteiger partial charge in [-0.2, -0.15) is 8.42 Å². The first-order chi connectivity index (χ1) is 26.1. The van der Waals surface area contributed by atoms with Crippen LogP contribution in [-0.4, -0.2) is 167 Å². The Bertz CT molecular complexity index is 1170. The molecule has 0 aromatic heterocycles. The topological polar surface area (TPSA) is 154 Å². The third kappa shape index (κ3) is 28.8. The molecule has 2 aromatic carbocycles. The van der Waals surface area contributed by atoms with Crippen molar-refractivity contribution in [2.75, 3.05) is 159 Å². The van der Waals surface area contributed by atoms with Crippen molar-refractivity contribution >= 4 is 10.1 Å². The number of aryl methyl sites for hydroxylation is 1. The van der Waals surface area contributed by atoms with Gasteiger partial charge in [-0.25, -0.2) is 0 Å². The maximum atomic E-state index is 12.1. The summed E-state index contributed by atoms with van der Waals surface area (Å²) < 4.78 is 94.8. The van der Waals surface area contributed by atoms with Gasteiger partial charge in [-0.15, -0.1) is 0 Å². The highest BCUT2D eigenvalue weighted by atomic mass is 32.2. The lowest BCUT2D eigenvalue weighted by atomic mass is 10.2. The molecule has 0 aliphatic heterocycles. The maximum Gasteiger partial charge on any atom is 0.297 e. The summed E-state index contributed by atoms with van der Waals surface area (Å²) in [7, 11) is -3.78. The second kappa shape index (κ2) is 34.2. The van der Waals surface area contributed by atoms with Crippen molar-refractivity contribution in [3.8, 4) is 5.75 Å². The fourth-order valence-corrected chi connectivity index (χ4v) is 4.90. The van der Waals surface area contributed by atoms with E-state index in [-0.39, 0.29) is 18.1 Å². The minimum Gasteiger partial charge on any atom is -0.491 e. The van der Waals surface area contributed by atoms with E-state index in [4.69, 9.17) is 61.0 Å². The van der Waals surface area contributed by atoms with E-state index in [0.29, 0.717) is 145 Å². The molecule has 0 saturated heterocycles. The average Bonchev–Trinajstić information content (AvgIpc) is 3.16. The van der Waals surface area contributed by atoms with Crippen molar-refractivity contribution in [1.82, 2.24) is 0 Å². The van der Waals surface area contributed by atoms with Crippen molar-refractivity contribution in [2.24, 2.45) is 0 Å². The first kappa shape index (κ1) is 46.9. The highest BCUT2D eigenvalue weighted by molar-refractivity contribution is 7.86. The zero-order chi connectivity index (χ0) is 37.8. The van der Waals surface area contributed by atoms with Gasteiger partial charge in [0, 0.05) is 0 Å². The van der Waals surface area contributed by atoms with E-state index in [1.54, 1.807) is 12.1 Å². The molecule has 304 valence electrons. The lowest BCUT2D eigenvalue weighted by molar-refractivity contribution is -0.0279. The molecule has 16 heteroatoms. The largest absolute Gasteiger partial charge is 0.491 e. The van der Waals surface area contributed by atoms with E-state index in [0.717, 1.165) is 11.3 Å². The van der Waals surface area contributed by atoms with Gasteiger partial charge in [0.05, 0.1) is 157 Å². The van der Waals surface area contributed by atoms with Gasteiger partial charge in [0.2, 0.25) is 0 Å². The van der Waals surface area contributed by atoms with Crippen LogP contribution in [0.3, 0.4) is 0 Å². The first-order valence-electron chi connectivity index (χ1n) is 18.1. The summed E-state index contributed by atoms with van der Waals surface area (Å²) in [6.07, 6.45) is 0. The lowest BCUT2D eigenvalue weighted by Crippen LogP contribution is -2.16. The summed E-state index contributed by atoms with van der Waals surface area (Å²) in [5, 5.41) is 0. The number of benzene rings is 2. The molecular formula is C37H60O15S. The molecule has 0 bridgehead atoms. The molecule has 0 fully saturated rings. The van der Waals surface area contributed by atoms with Crippen molar-refractivity contribution in [1.29, 1.82) is 0 Å². The molecule has 0 spiro atoms. The van der Waals surface area contributed by atoms with Crippen molar-refractivity contribution in [3.63, 3.8) is 0 Å². The molecule has 0 aliphatic carbocycles. The standard InChI is InChI=1S/C37H60O15S/c1-35-7-9-37(10-8-35)53(38,39)52-34-32-50-30-28-48-26-24-46-22-20-44-18-16-42-14-12-40-11-13-41-15-17-43-19-21-45-23-25-47-27-29-49-31-33-51-36-5-3-2-4-6-36/h2-10H,11-34H2,1H3. The normalized spacial score (nSPS) is 11.7. The van der Waals surface area contributed by atoms with E-state index in [2.05, 4.69) is 0 Å². The Morgan fingerprint density at radius 2 is 0.642 bits per heavy atom. The van der Waals surface area contributed by atoms with E-state index in [1.807, 2.05) is 37.3 Å². The molecule has 0 amide bonds. The Hall–Kier alpha value is -2.29. The van der Waals surface area contributed by atoms with Crippen LogP contribution in [0.4, 0.5) is 0 Å². The van der Waals surface area contributed by atoms with Crippen LogP contribution in [0.15, 0.2) is 59.5 Å². The molecule has 0 radical (unpaired) electrons. The number of hydrogen-bond acceptors (Lipinski definition) is 15. The van der Waals surface area contributed by atoms with Gasteiger partial charge in [0.25, 0.3) is 10.1 Å². The number of ether oxygens (including phenoxy) is 12. The maximum absolute atomic E-state index is 12.1. The summed E-state index contributed by atoms with van der Waals surface area (Å²) >= 11 is 0. The van der Waals surface area contributed by atoms with E-state index >= 15 is 0 Å². The van der Waals surface area contributed by atoms with Gasteiger partial charge in [-0.05, 0) is 31.2 Å².